The van der Waals surface area contributed by atoms with Crippen LogP contribution in [0.4, 0.5) is 20.5 Å². The standard InChI is InChI=1S/C12H14F2N6/c13-11(14)10-7(6-16-19-10)8-5-9(18-12(15)17-8)20-3-1-2-4-20/h5-6,11H,1-4H2,(H,16,19)(H2,15,17,18). The van der Waals surface area contributed by atoms with Gasteiger partial charge in [-0.15, -0.1) is 0 Å². The molecule has 1 aliphatic rings. The minimum absolute atomic E-state index is 0.0748. The number of halogens is 2. The van der Waals surface area contributed by atoms with Crippen molar-refractivity contribution in [1.29, 1.82) is 0 Å². The molecule has 8 heteroatoms. The summed E-state index contributed by atoms with van der Waals surface area (Å²) < 4.78 is 25.8. The van der Waals surface area contributed by atoms with Crippen molar-refractivity contribution in [3.8, 4) is 11.3 Å². The number of aromatic nitrogens is 4. The Morgan fingerprint density at radius 2 is 2.00 bits per heavy atom. The Labute approximate surface area is 114 Å². The summed E-state index contributed by atoms with van der Waals surface area (Å²) in [5, 5.41) is 5.95. The second-order valence-electron chi connectivity index (χ2n) is 4.66. The Morgan fingerprint density at radius 3 is 2.70 bits per heavy atom. The summed E-state index contributed by atoms with van der Waals surface area (Å²) in [6.07, 6.45) is 0.872. The van der Waals surface area contributed by atoms with Crippen LogP contribution in [-0.2, 0) is 0 Å². The zero-order chi connectivity index (χ0) is 14.1. The van der Waals surface area contributed by atoms with Crippen LogP contribution in [0.25, 0.3) is 11.3 Å². The number of aromatic amines is 1. The highest BCUT2D eigenvalue weighted by Crippen LogP contribution is 2.30. The molecule has 6 nitrogen and oxygen atoms in total. The third-order valence-electron chi connectivity index (χ3n) is 3.32. The van der Waals surface area contributed by atoms with E-state index in [4.69, 9.17) is 5.73 Å². The molecule has 0 aliphatic carbocycles. The number of nitrogens with two attached hydrogens (primary N) is 1. The van der Waals surface area contributed by atoms with Crippen LogP contribution >= 0.6 is 0 Å². The van der Waals surface area contributed by atoms with Gasteiger partial charge in [-0.2, -0.15) is 10.1 Å². The van der Waals surface area contributed by atoms with Crippen molar-refractivity contribution in [3.63, 3.8) is 0 Å². The van der Waals surface area contributed by atoms with Gasteiger partial charge in [-0.25, -0.2) is 13.8 Å². The lowest BCUT2D eigenvalue weighted by Gasteiger charge is -2.17. The smallest absolute Gasteiger partial charge is 0.280 e. The molecule has 3 heterocycles. The van der Waals surface area contributed by atoms with Crippen LogP contribution in [0.3, 0.4) is 0 Å². The highest BCUT2D eigenvalue weighted by molar-refractivity contribution is 5.66. The van der Waals surface area contributed by atoms with E-state index in [2.05, 4.69) is 25.1 Å². The molecule has 0 saturated carbocycles. The molecule has 2 aromatic rings. The van der Waals surface area contributed by atoms with E-state index in [1.165, 1.54) is 6.20 Å². The fourth-order valence-corrected chi connectivity index (χ4v) is 2.37. The maximum absolute atomic E-state index is 12.9. The van der Waals surface area contributed by atoms with Crippen LogP contribution in [0.1, 0.15) is 25.0 Å². The Morgan fingerprint density at radius 1 is 1.25 bits per heavy atom. The van der Waals surface area contributed by atoms with Crippen molar-refractivity contribution in [2.75, 3.05) is 23.7 Å². The molecule has 2 aromatic heterocycles. The maximum Gasteiger partial charge on any atom is 0.280 e. The lowest BCUT2D eigenvalue weighted by atomic mass is 10.1. The zero-order valence-corrected chi connectivity index (χ0v) is 10.7. The maximum atomic E-state index is 12.9. The number of rotatable bonds is 3. The summed E-state index contributed by atoms with van der Waals surface area (Å²) in [7, 11) is 0. The van der Waals surface area contributed by atoms with Crippen molar-refractivity contribution in [1.82, 2.24) is 20.2 Å². The Kier molecular flexibility index (Phi) is 3.21. The van der Waals surface area contributed by atoms with E-state index in [-0.39, 0.29) is 17.2 Å². The molecular formula is C12H14F2N6. The Bertz CT molecular complexity index is 606. The first kappa shape index (κ1) is 12.8. The van der Waals surface area contributed by atoms with Gasteiger partial charge in [0.2, 0.25) is 5.95 Å². The molecule has 3 rings (SSSR count). The molecule has 1 fully saturated rings. The minimum atomic E-state index is -2.64. The van der Waals surface area contributed by atoms with Crippen LogP contribution in [0.2, 0.25) is 0 Å². The lowest BCUT2D eigenvalue weighted by Crippen LogP contribution is -2.19. The van der Waals surface area contributed by atoms with Crippen LogP contribution in [0, 0.1) is 0 Å². The number of nitrogen functional groups attached to an aromatic ring is 1. The molecule has 1 aliphatic heterocycles. The van der Waals surface area contributed by atoms with Crippen molar-refractivity contribution in [2.24, 2.45) is 0 Å². The van der Waals surface area contributed by atoms with Gasteiger partial charge in [0.1, 0.15) is 11.5 Å². The van der Waals surface area contributed by atoms with Crippen molar-refractivity contribution < 1.29 is 8.78 Å². The monoisotopic (exact) mass is 280 g/mol. The molecule has 0 unspecified atom stereocenters. The first-order valence-electron chi connectivity index (χ1n) is 6.36. The molecule has 0 radical (unpaired) electrons. The van der Waals surface area contributed by atoms with Gasteiger partial charge in [0.05, 0.1) is 11.9 Å². The molecule has 20 heavy (non-hydrogen) atoms. The minimum Gasteiger partial charge on any atom is -0.368 e. The Hall–Kier alpha value is -2.25. The molecule has 106 valence electrons. The highest BCUT2D eigenvalue weighted by Gasteiger charge is 2.20. The topological polar surface area (TPSA) is 83.7 Å². The molecule has 0 bridgehead atoms. The first-order chi connectivity index (χ1) is 9.65. The number of nitrogens with one attached hydrogen (secondary N) is 1. The average molecular weight is 280 g/mol. The average Bonchev–Trinajstić information content (AvgIpc) is 3.09. The lowest BCUT2D eigenvalue weighted by molar-refractivity contribution is 0.146. The van der Waals surface area contributed by atoms with Crippen LogP contribution < -0.4 is 10.6 Å². The van der Waals surface area contributed by atoms with Crippen LogP contribution in [0.15, 0.2) is 12.3 Å². The second-order valence-corrected chi connectivity index (χ2v) is 4.66. The van der Waals surface area contributed by atoms with E-state index in [1.54, 1.807) is 6.07 Å². The number of nitrogens with zero attached hydrogens (tertiary/aromatic N) is 4. The highest BCUT2D eigenvalue weighted by atomic mass is 19.3. The van der Waals surface area contributed by atoms with E-state index < -0.39 is 6.43 Å². The van der Waals surface area contributed by atoms with Crippen molar-refractivity contribution >= 4 is 11.8 Å². The van der Waals surface area contributed by atoms with Gasteiger partial charge in [-0.05, 0) is 12.8 Å². The summed E-state index contributed by atoms with van der Waals surface area (Å²) in [6.45, 7) is 1.78. The largest absolute Gasteiger partial charge is 0.368 e. The van der Waals surface area contributed by atoms with E-state index in [9.17, 15) is 8.78 Å². The number of H-pyrrole nitrogens is 1. The van der Waals surface area contributed by atoms with Crippen molar-refractivity contribution in [3.05, 3.63) is 18.0 Å². The third kappa shape index (κ3) is 2.28. The van der Waals surface area contributed by atoms with Gasteiger partial charge in [0.15, 0.2) is 0 Å². The molecule has 0 aromatic carbocycles. The summed E-state index contributed by atoms with van der Waals surface area (Å²) in [5.41, 5.74) is 6.06. The SMILES string of the molecule is Nc1nc(-c2cn[nH]c2C(F)F)cc(N2CCCC2)n1. The van der Waals surface area contributed by atoms with Gasteiger partial charge < -0.3 is 10.6 Å². The molecule has 3 N–H and O–H groups in total. The van der Waals surface area contributed by atoms with E-state index in [0.29, 0.717) is 11.5 Å². The normalized spacial score (nSPS) is 15.2. The summed E-state index contributed by atoms with van der Waals surface area (Å²) in [6, 6.07) is 1.68. The second kappa shape index (κ2) is 5.03. The third-order valence-corrected chi connectivity index (χ3v) is 3.32. The van der Waals surface area contributed by atoms with E-state index in [0.717, 1.165) is 25.9 Å². The van der Waals surface area contributed by atoms with Crippen molar-refractivity contribution in [2.45, 2.75) is 19.3 Å². The molecule has 0 spiro atoms. The van der Waals surface area contributed by atoms with Gasteiger partial charge in [0, 0.05) is 24.7 Å². The predicted molar refractivity (Wildman–Crippen MR) is 70.4 cm³/mol. The molecule has 0 amide bonds. The molecule has 0 atom stereocenters. The predicted octanol–water partition coefficient (Wildman–Crippen LogP) is 1.99. The van der Waals surface area contributed by atoms with Gasteiger partial charge in [-0.1, -0.05) is 0 Å². The molecular weight excluding hydrogens is 266 g/mol. The number of hydrogen-bond donors (Lipinski definition) is 2. The summed E-state index contributed by atoms with van der Waals surface area (Å²) in [4.78, 5) is 10.3. The summed E-state index contributed by atoms with van der Waals surface area (Å²) in [5.74, 6) is 0.747. The quantitative estimate of drug-likeness (QED) is 0.898. The fourth-order valence-electron chi connectivity index (χ4n) is 2.37. The van der Waals surface area contributed by atoms with Gasteiger partial charge in [0.25, 0.3) is 6.43 Å². The number of hydrogen-bond acceptors (Lipinski definition) is 5. The van der Waals surface area contributed by atoms with E-state index >= 15 is 0 Å². The fraction of sp³-hybridized carbons (Fsp3) is 0.417. The van der Waals surface area contributed by atoms with Gasteiger partial charge >= 0.3 is 0 Å². The van der Waals surface area contributed by atoms with Gasteiger partial charge in [-0.3, -0.25) is 5.10 Å². The zero-order valence-electron chi connectivity index (χ0n) is 10.7. The molecule has 1 saturated heterocycles. The Balaban J connectivity index is 2.02. The van der Waals surface area contributed by atoms with E-state index in [1.807, 2.05) is 0 Å². The number of anilines is 2. The van der Waals surface area contributed by atoms with Crippen LogP contribution in [-0.4, -0.2) is 33.3 Å². The van der Waals surface area contributed by atoms with Crippen LogP contribution in [0.5, 0.6) is 0 Å². The number of alkyl halides is 2. The first-order valence-corrected chi connectivity index (χ1v) is 6.36. The summed E-state index contributed by atoms with van der Waals surface area (Å²) >= 11 is 0.